The van der Waals surface area contributed by atoms with Crippen molar-refractivity contribution in [2.75, 3.05) is 0 Å². The van der Waals surface area contributed by atoms with Crippen LogP contribution in [0.1, 0.15) is 29.0 Å². The lowest BCUT2D eigenvalue weighted by atomic mass is 9.97. The van der Waals surface area contributed by atoms with E-state index in [1.54, 1.807) is 0 Å². The number of para-hydroxylation sites is 3. The normalized spacial score (nSPS) is 16.4. The molecular weight excluding hydrogens is 631 g/mol. The van der Waals surface area contributed by atoms with Crippen molar-refractivity contribution in [1.82, 2.24) is 10.6 Å². The quantitative estimate of drug-likeness (QED) is 0.197. The van der Waals surface area contributed by atoms with Crippen LogP contribution in [0, 0.1) is 0 Å². The number of hydrogen-bond acceptors (Lipinski definition) is 6. The summed E-state index contributed by atoms with van der Waals surface area (Å²) in [4.78, 5) is 5.18. The summed E-state index contributed by atoms with van der Waals surface area (Å²) in [7, 11) is 0. The Balaban J connectivity index is 1.03. The second-order valence-corrected chi connectivity index (χ2v) is 13.2. The van der Waals surface area contributed by atoms with E-state index in [-0.39, 0.29) is 12.3 Å². The summed E-state index contributed by atoms with van der Waals surface area (Å²) in [5.41, 5.74) is 10.4. The monoisotopic (exact) mass is 659 g/mol. The van der Waals surface area contributed by atoms with E-state index in [9.17, 15) is 0 Å². The minimum absolute atomic E-state index is 0.282. The van der Waals surface area contributed by atoms with Gasteiger partial charge in [0, 0.05) is 43.4 Å². The third-order valence-corrected chi connectivity index (χ3v) is 10.2. The molecule has 0 saturated heterocycles. The second-order valence-electron chi connectivity index (χ2n) is 13.2. The lowest BCUT2D eigenvalue weighted by Crippen LogP contribution is -2.45. The van der Waals surface area contributed by atoms with Crippen LogP contribution in [0.4, 0.5) is 0 Å². The van der Waals surface area contributed by atoms with Gasteiger partial charge in [-0.05, 0) is 59.2 Å². The van der Waals surface area contributed by atoms with Crippen LogP contribution in [0.3, 0.4) is 0 Å². The van der Waals surface area contributed by atoms with Crippen LogP contribution >= 0.6 is 0 Å². The summed E-state index contributed by atoms with van der Waals surface area (Å²) < 4.78 is 19.2. The topological polar surface area (TPSA) is 75.8 Å². The summed E-state index contributed by atoms with van der Waals surface area (Å²) >= 11 is 0. The van der Waals surface area contributed by atoms with Gasteiger partial charge >= 0.3 is 0 Å². The van der Waals surface area contributed by atoms with Crippen molar-refractivity contribution in [2.24, 2.45) is 4.99 Å². The summed E-state index contributed by atoms with van der Waals surface area (Å²) in [6, 6.07) is 52.1. The first-order valence-corrected chi connectivity index (χ1v) is 17.2. The van der Waals surface area contributed by atoms with Crippen molar-refractivity contribution in [1.29, 1.82) is 0 Å². The summed E-state index contributed by atoms with van der Waals surface area (Å²) in [5, 5.41) is 14.0. The van der Waals surface area contributed by atoms with Gasteiger partial charge in [0.05, 0.1) is 0 Å². The molecule has 11 rings (SSSR count). The van der Waals surface area contributed by atoms with Crippen LogP contribution < -0.4 is 10.6 Å². The Morgan fingerprint density at radius 3 is 2.06 bits per heavy atom. The van der Waals surface area contributed by atoms with Gasteiger partial charge < -0.3 is 18.6 Å². The standard InChI is InChI=1S/C45H29N3O3/c1-2-10-26(11-3-1)43-46-44(28-20-22-31-30-12-4-6-17-36(30)50-40(31)25-28)48-45(47-43)34-16-8-15-32-35-24-27(21-23-38(35)51-42(32)34)29-14-9-19-39-41(29)33-13-5-7-18-37(33)49-39/h1-25,43,45,47H,(H,46,48). The minimum atomic E-state index is -0.288. The highest BCUT2D eigenvalue weighted by Gasteiger charge is 2.28. The molecule has 7 aromatic carbocycles. The SMILES string of the molecule is c1ccc(C2N=C(c3ccc4c(c3)oc3ccccc34)NC(c3cccc4c3oc3ccc(-c5cccc6oc7ccccc7c56)cc34)N2)cc1. The predicted octanol–water partition coefficient (Wildman–Crippen LogP) is 11.4. The Morgan fingerprint density at radius 1 is 0.471 bits per heavy atom. The molecule has 1 aliphatic heterocycles. The van der Waals surface area contributed by atoms with Crippen LogP contribution in [-0.2, 0) is 0 Å². The van der Waals surface area contributed by atoms with Gasteiger partial charge in [-0.2, -0.15) is 0 Å². The summed E-state index contributed by atoms with van der Waals surface area (Å²) in [6.07, 6.45) is -0.570. The number of hydrogen-bond donors (Lipinski definition) is 2. The first-order chi connectivity index (χ1) is 25.2. The smallest absolute Gasteiger partial charge is 0.142 e. The number of nitrogens with zero attached hydrogens (tertiary/aromatic N) is 1. The number of furan rings is 3. The average Bonchev–Trinajstić information content (AvgIpc) is 3.88. The molecule has 2 N–H and O–H groups in total. The van der Waals surface area contributed by atoms with Gasteiger partial charge in [-0.25, -0.2) is 4.99 Å². The molecule has 2 unspecified atom stereocenters. The molecule has 6 heteroatoms. The van der Waals surface area contributed by atoms with Crippen LogP contribution in [0.2, 0.25) is 0 Å². The molecule has 242 valence electrons. The zero-order valence-electron chi connectivity index (χ0n) is 27.3. The molecule has 0 fully saturated rings. The molecule has 0 bridgehead atoms. The van der Waals surface area contributed by atoms with E-state index < -0.39 is 0 Å². The highest BCUT2D eigenvalue weighted by Crippen LogP contribution is 2.40. The Hall–Kier alpha value is -6.63. The Bertz CT molecular complexity index is 3000. The summed E-state index contributed by atoms with van der Waals surface area (Å²) in [6.45, 7) is 0. The van der Waals surface area contributed by atoms with E-state index in [2.05, 4.69) is 108 Å². The van der Waals surface area contributed by atoms with Crippen LogP contribution in [0.25, 0.3) is 76.9 Å². The van der Waals surface area contributed by atoms with E-state index in [4.69, 9.17) is 18.2 Å². The van der Waals surface area contributed by atoms with Crippen molar-refractivity contribution >= 4 is 71.7 Å². The Morgan fingerprint density at radius 2 is 1.16 bits per heavy atom. The number of rotatable bonds is 4. The molecule has 0 radical (unpaired) electrons. The van der Waals surface area contributed by atoms with Gasteiger partial charge in [0.1, 0.15) is 51.7 Å². The van der Waals surface area contributed by atoms with E-state index in [1.165, 1.54) is 0 Å². The van der Waals surface area contributed by atoms with E-state index in [0.717, 1.165) is 99.5 Å². The highest BCUT2D eigenvalue weighted by atomic mass is 16.3. The van der Waals surface area contributed by atoms with Crippen LogP contribution in [-0.4, -0.2) is 5.84 Å². The van der Waals surface area contributed by atoms with Gasteiger partial charge in [-0.1, -0.05) is 109 Å². The van der Waals surface area contributed by atoms with Crippen molar-refractivity contribution in [3.05, 3.63) is 168 Å². The van der Waals surface area contributed by atoms with Crippen LogP contribution in [0.15, 0.2) is 170 Å². The molecule has 2 atom stereocenters. The van der Waals surface area contributed by atoms with Crippen molar-refractivity contribution < 1.29 is 13.3 Å². The van der Waals surface area contributed by atoms with Crippen molar-refractivity contribution in [2.45, 2.75) is 12.3 Å². The van der Waals surface area contributed by atoms with E-state index >= 15 is 0 Å². The Labute approximate surface area is 291 Å². The third-order valence-electron chi connectivity index (χ3n) is 10.2. The average molecular weight is 660 g/mol. The zero-order chi connectivity index (χ0) is 33.5. The lowest BCUT2D eigenvalue weighted by Gasteiger charge is -2.32. The first kappa shape index (κ1) is 28.2. The maximum Gasteiger partial charge on any atom is 0.142 e. The molecule has 1 aliphatic rings. The van der Waals surface area contributed by atoms with Gasteiger partial charge in [0.25, 0.3) is 0 Å². The van der Waals surface area contributed by atoms with E-state index in [0.29, 0.717) is 0 Å². The van der Waals surface area contributed by atoms with Crippen molar-refractivity contribution in [3.63, 3.8) is 0 Å². The predicted molar refractivity (Wildman–Crippen MR) is 205 cm³/mol. The second kappa shape index (κ2) is 10.9. The number of amidine groups is 1. The van der Waals surface area contributed by atoms with Gasteiger partial charge in [0.15, 0.2) is 0 Å². The molecule has 51 heavy (non-hydrogen) atoms. The number of nitrogens with one attached hydrogen (secondary N) is 2. The molecule has 6 nitrogen and oxygen atoms in total. The molecular formula is C45H29N3O3. The molecule has 0 saturated carbocycles. The number of fused-ring (bicyclic) bond motifs is 9. The zero-order valence-corrected chi connectivity index (χ0v) is 27.3. The first-order valence-electron chi connectivity index (χ1n) is 17.2. The fraction of sp³-hybridized carbons (Fsp3) is 0.0444. The Kier molecular flexibility index (Phi) is 6.05. The van der Waals surface area contributed by atoms with Gasteiger partial charge in [-0.3, -0.25) is 5.32 Å². The molecule has 4 heterocycles. The molecule has 0 spiro atoms. The fourth-order valence-electron chi connectivity index (χ4n) is 7.77. The highest BCUT2D eigenvalue weighted by molar-refractivity contribution is 6.14. The number of aliphatic imine (C=N–C) groups is 1. The third kappa shape index (κ3) is 4.43. The van der Waals surface area contributed by atoms with Crippen molar-refractivity contribution in [3.8, 4) is 11.1 Å². The number of benzene rings is 7. The minimum Gasteiger partial charge on any atom is -0.456 e. The largest absolute Gasteiger partial charge is 0.456 e. The fourth-order valence-corrected chi connectivity index (χ4v) is 7.77. The van der Waals surface area contributed by atoms with E-state index in [1.807, 2.05) is 54.6 Å². The maximum atomic E-state index is 6.69. The van der Waals surface area contributed by atoms with Crippen LogP contribution in [0.5, 0.6) is 0 Å². The lowest BCUT2D eigenvalue weighted by molar-refractivity contribution is 0.408. The van der Waals surface area contributed by atoms with Gasteiger partial charge in [0.2, 0.25) is 0 Å². The summed E-state index contributed by atoms with van der Waals surface area (Å²) in [5.74, 6) is 0.783. The molecule has 0 amide bonds. The van der Waals surface area contributed by atoms with Gasteiger partial charge in [-0.15, -0.1) is 0 Å². The molecule has 3 aromatic heterocycles. The molecule has 0 aliphatic carbocycles. The maximum absolute atomic E-state index is 6.69. The molecule has 10 aromatic rings.